The Morgan fingerprint density at radius 3 is 1.84 bits per heavy atom. The molecule has 0 aliphatic carbocycles. The van der Waals surface area contributed by atoms with Gasteiger partial charge in [0.15, 0.2) is 0 Å². The summed E-state index contributed by atoms with van der Waals surface area (Å²) in [7, 11) is 0.902. The van der Waals surface area contributed by atoms with Gasteiger partial charge in [-0.15, -0.1) is 0 Å². The standard InChI is InChI=1S/C33H44O3Si/c1-25(2)19-20-27(30-24-31(34-7)26(3)23-32(30)35-8)21-22-36-37(33(4,5)6,28-15-11-9-12-16-28)29-17-13-10-14-18-29/h9-19,23-24,27H,20-22H2,1-8H3/t27-/m0/s1. The smallest absolute Gasteiger partial charge is 0.261 e. The summed E-state index contributed by atoms with van der Waals surface area (Å²) in [4.78, 5) is 0. The van der Waals surface area contributed by atoms with Gasteiger partial charge in [-0.05, 0) is 72.6 Å². The highest BCUT2D eigenvalue weighted by Gasteiger charge is 2.50. The normalized spacial score (nSPS) is 12.6. The number of ether oxygens (including phenoxy) is 2. The molecule has 198 valence electrons. The summed E-state index contributed by atoms with van der Waals surface area (Å²) in [6, 6.07) is 26.0. The Bertz CT molecular complexity index is 1120. The predicted molar refractivity (Wildman–Crippen MR) is 159 cm³/mol. The van der Waals surface area contributed by atoms with E-state index in [1.807, 2.05) is 0 Å². The van der Waals surface area contributed by atoms with Gasteiger partial charge in [-0.1, -0.05) is 93.1 Å². The maximum atomic E-state index is 7.23. The first-order valence-corrected chi connectivity index (χ1v) is 15.2. The summed E-state index contributed by atoms with van der Waals surface area (Å²) in [6.07, 6.45) is 4.13. The van der Waals surface area contributed by atoms with E-state index in [0.717, 1.165) is 29.9 Å². The van der Waals surface area contributed by atoms with Crippen molar-refractivity contribution in [3.05, 3.63) is 95.6 Å². The van der Waals surface area contributed by atoms with Gasteiger partial charge in [-0.25, -0.2) is 0 Å². The zero-order valence-corrected chi connectivity index (χ0v) is 24.9. The lowest BCUT2D eigenvalue weighted by molar-refractivity contribution is 0.278. The van der Waals surface area contributed by atoms with Crippen molar-refractivity contribution in [2.45, 2.75) is 65.3 Å². The van der Waals surface area contributed by atoms with Crippen molar-refractivity contribution in [2.75, 3.05) is 20.8 Å². The molecule has 0 aliphatic heterocycles. The van der Waals surface area contributed by atoms with Crippen molar-refractivity contribution in [2.24, 2.45) is 0 Å². The van der Waals surface area contributed by atoms with Crippen LogP contribution < -0.4 is 19.8 Å². The lowest BCUT2D eigenvalue weighted by atomic mass is 9.90. The molecule has 3 nitrogen and oxygen atoms in total. The molecule has 37 heavy (non-hydrogen) atoms. The second-order valence-electron chi connectivity index (χ2n) is 11.1. The van der Waals surface area contributed by atoms with E-state index < -0.39 is 8.32 Å². The molecule has 0 bridgehead atoms. The Hall–Kier alpha value is -2.82. The molecule has 1 atom stereocenters. The number of benzene rings is 3. The minimum atomic E-state index is -2.58. The minimum absolute atomic E-state index is 0.0458. The molecule has 3 aromatic rings. The Kier molecular flexibility index (Phi) is 9.80. The molecule has 0 N–H and O–H groups in total. The van der Waals surface area contributed by atoms with Gasteiger partial charge in [-0.3, -0.25) is 0 Å². The van der Waals surface area contributed by atoms with Crippen molar-refractivity contribution in [3.63, 3.8) is 0 Å². The Morgan fingerprint density at radius 2 is 1.38 bits per heavy atom. The number of hydrogen-bond acceptors (Lipinski definition) is 3. The molecule has 0 saturated carbocycles. The van der Waals surface area contributed by atoms with Gasteiger partial charge in [0.1, 0.15) is 11.5 Å². The second-order valence-corrected chi connectivity index (χ2v) is 15.4. The van der Waals surface area contributed by atoms with Crippen LogP contribution in [0.3, 0.4) is 0 Å². The van der Waals surface area contributed by atoms with E-state index in [-0.39, 0.29) is 11.0 Å². The Balaban J connectivity index is 2.02. The summed E-state index contributed by atoms with van der Waals surface area (Å²) < 4.78 is 18.8. The maximum Gasteiger partial charge on any atom is 0.261 e. The average Bonchev–Trinajstić information content (AvgIpc) is 2.88. The molecule has 0 saturated heterocycles. The highest BCUT2D eigenvalue weighted by molar-refractivity contribution is 6.99. The van der Waals surface area contributed by atoms with E-state index in [2.05, 4.69) is 120 Å². The summed E-state index contributed by atoms with van der Waals surface area (Å²) in [5.74, 6) is 2.05. The van der Waals surface area contributed by atoms with Crippen molar-refractivity contribution in [1.82, 2.24) is 0 Å². The summed E-state index contributed by atoms with van der Waals surface area (Å²) in [5, 5.41) is 2.57. The minimum Gasteiger partial charge on any atom is -0.496 e. The molecule has 0 fully saturated rings. The van der Waals surface area contributed by atoms with E-state index in [4.69, 9.17) is 13.9 Å². The molecule has 3 aromatic carbocycles. The molecule has 0 unspecified atom stereocenters. The van der Waals surface area contributed by atoms with Crippen molar-refractivity contribution < 1.29 is 13.9 Å². The highest BCUT2D eigenvalue weighted by atomic mass is 28.4. The first-order valence-electron chi connectivity index (χ1n) is 13.2. The number of hydrogen-bond donors (Lipinski definition) is 0. The summed E-state index contributed by atoms with van der Waals surface area (Å²) >= 11 is 0. The maximum absolute atomic E-state index is 7.23. The van der Waals surface area contributed by atoms with Gasteiger partial charge in [0.25, 0.3) is 8.32 Å². The molecular weight excluding hydrogens is 472 g/mol. The molecule has 0 amide bonds. The van der Waals surface area contributed by atoms with Gasteiger partial charge >= 0.3 is 0 Å². The van der Waals surface area contributed by atoms with E-state index in [0.29, 0.717) is 6.61 Å². The lowest BCUT2D eigenvalue weighted by Crippen LogP contribution is -2.66. The molecule has 0 aromatic heterocycles. The fourth-order valence-corrected chi connectivity index (χ4v) is 9.87. The van der Waals surface area contributed by atoms with Crippen LogP contribution in [0.5, 0.6) is 11.5 Å². The van der Waals surface area contributed by atoms with Crippen LogP contribution >= 0.6 is 0 Å². The van der Waals surface area contributed by atoms with Crippen molar-refractivity contribution >= 4 is 18.7 Å². The summed E-state index contributed by atoms with van der Waals surface area (Å²) in [6.45, 7) is 14.0. The van der Waals surface area contributed by atoms with Gasteiger partial charge in [0.05, 0.1) is 14.2 Å². The Morgan fingerprint density at radius 1 is 0.838 bits per heavy atom. The van der Waals surface area contributed by atoms with Crippen molar-refractivity contribution in [3.8, 4) is 11.5 Å². The molecule has 0 aliphatic rings. The third-order valence-corrected chi connectivity index (χ3v) is 12.2. The number of aryl methyl sites for hydroxylation is 1. The SMILES string of the molecule is COc1cc([C@@H](CC=C(C)C)CCO[Si](c2ccccc2)(c2ccccc2)C(C)(C)C)c(OC)cc1C. The van der Waals surface area contributed by atoms with E-state index >= 15 is 0 Å². The lowest BCUT2D eigenvalue weighted by Gasteiger charge is -2.43. The number of rotatable bonds is 11. The van der Waals surface area contributed by atoms with Crippen LogP contribution in [0, 0.1) is 6.92 Å². The van der Waals surface area contributed by atoms with Crippen LogP contribution in [-0.4, -0.2) is 29.1 Å². The van der Waals surface area contributed by atoms with Crippen LogP contribution in [0.2, 0.25) is 5.04 Å². The van der Waals surface area contributed by atoms with E-state index in [1.54, 1.807) is 14.2 Å². The third-order valence-electron chi connectivity index (χ3n) is 7.20. The first kappa shape index (κ1) is 28.7. The number of methoxy groups -OCH3 is 2. The van der Waals surface area contributed by atoms with Crippen molar-refractivity contribution in [1.29, 1.82) is 0 Å². The van der Waals surface area contributed by atoms with Gasteiger partial charge in [-0.2, -0.15) is 0 Å². The quantitative estimate of drug-likeness (QED) is 0.196. The highest BCUT2D eigenvalue weighted by Crippen LogP contribution is 2.39. The fraction of sp³-hybridized carbons (Fsp3) is 0.394. The zero-order chi connectivity index (χ0) is 27.1. The van der Waals surface area contributed by atoms with Gasteiger partial charge in [0, 0.05) is 12.2 Å². The molecule has 4 heteroatoms. The Labute approximate surface area is 225 Å². The fourth-order valence-electron chi connectivity index (χ4n) is 5.29. The molecule has 0 heterocycles. The number of allylic oxidation sites excluding steroid dienone is 2. The van der Waals surface area contributed by atoms with Gasteiger partial charge in [0.2, 0.25) is 0 Å². The third kappa shape index (κ3) is 6.55. The van der Waals surface area contributed by atoms with Crippen LogP contribution in [0.15, 0.2) is 84.4 Å². The van der Waals surface area contributed by atoms with E-state index in [9.17, 15) is 0 Å². The topological polar surface area (TPSA) is 27.7 Å². The molecule has 0 spiro atoms. The first-order chi connectivity index (χ1) is 17.6. The second kappa shape index (κ2) is 12.6. The van der Waals surface area contributed by atoms with Crippen LogP contribution in [0.25, 0.3) is 0 Å². The van der Waals surface area contributed by atoms with Crippen LogP contribution in [0.4, 0.5) is 0 Å². The zero-order valence-electron chi connectivity index (χ0n) is 23.9. The molecule has 0 radical (unpaired) electrons. The van der Waals surface area contributed by atoms with Crippen LogP contribution in [0.1, 0.15) is 64.5 Å². The predicted octanol–water partition coefficient (Wildman–Crippen LogP) is 7.42. The molecular formula is C33H44O3Si. The van der Waals surface area contributed by atoms with Crippen LogP contribution in [-0.2, 0) is 4.43 Å². The molecule has 3 rings (SSSR count). The van der Waals surface area contributed by atoms with Gasteiger partial charge < -0.3 is 13.9 Å². The summed E-state index contributed by atoms with van der Waals surface area (Å²) in [5.41, 5.74) is 3.57. The van der Waals surface area contributed by atoms with E-state index in [1.165, 1.54) is 21.5 Å². The average molecular weight is 517 g/mol. The monoisotopic (exact) mass is 516 g/mol. The largest absolute Gasteiger partial charge is 0.496 e.